The zero-order valence-corrected chi connectivity index (χ0v) is 32.1. The van der Waals surface area contributed by atoms with Crippen LogP contribution in [0.3, 0.4) is 0 Å². The predicted molar refractivity (Wildman–Crippen MR) is 201 cm³/mol. The number of aromatic nitrogens is 2. The van der Waals surface area contributed by atoms with E-state index in [9.17, 15) is 14.3 Å². The molecule has 7 rings (SSSR count). The number of benzene rings is 2. The fourth-order valence-corrected chi connectivity index (χ4v) is 7.65. The van der Waals surface area contributed by atoms with Gasteiger partial charge >= 0.3 is 5.97 Å². The van der Waals surface area contributed by atoms with Crippen molar-refractivity contribution in [1.82, 2.24) is 9.38 Å². The zero-order chi connectivity index (χ0) is 37.6. The highest BCUT2D eigenvalue weighted by Crippen LogP contribution is 2.44. The third-order valence-corrected chi connectivity index (χ3v) is 10.3. The van der Waals surface area contributed by atoms with Crippen molar-refractivity contribution in [3.8, 4) is 28.1 Å². The SMILES string of the molecule is COC(=O)C(OC(C)(C)C)c1c(C)c(C(C)(C)O)c2nc3cn2c1N1CCC(C)(CC1)OCCCCC(C)Oc1ccc(F)cc1-c1cccc-3c1. The first-order valence-corrected chi connectivity index (χ1v) is 18.5. The number of pyridine rings is 1. The topological polar surface area (TPSA) is 94.8 Å². The van der Waals surface area contributed by atoms with Gasteiger partial charge in [-0.3, -0.25) is 4.40 Å². The maximum atomic E-state index is 14.8. The number of piperidine rings is 1. The van der Waals surface area contributed by atoms with Crippen molar-refractivity contribution in [3.05, 3.63) is 71.2 Å². The van der Waals surface area contributed by atoms with Crippen LogP contribution in [0.25, 0.3) is 28.0 Å². The Morgan fingerprint density at radius 2 is 1.79 bits per heavy atom. The molecule has 52 heavy (non-hydrogen) atoms. The van der Waals surface area contributed by atoms with Gasteiger partial charge in [-0.2, -0.15) is 0 Å². The van der Waals surface area contributed by atoms with E-state index in [1.165, 1.54) is 19.2 Å². The van der Waals surface area contributed by atoms with Crippen molar-refractivity contribution >= 4 is 17.4 Å². The lowest BCUT2D eigenvalue weighted by Crippen LogP contribution is -2.46. The summed E-state index contributed by atoms with van der Waals surface area (Å²) >= 11 is 0. The Balaban J connectivity index is 1.64. The minimum absolute atomic E-state index is 0.0672. The van der Waals surface area contributed by atoms with Crippen LogP contribution in [-0.4, -0.2) is 64.6 Å². The molecule has 2 aromatic carbocycles. The van der Waals surface area contributed by atoms with Gasteiger partial charge in [0.2, 0.25) is 0 Å². The molecule has 1 fully saturated rings. The molecule has 2 unspecified atom stereocenters. The fourth-order valence-electron chi connectivity index (χ4n) is 7.65. The molecule has 2 atom stereocenters. The second-order valence-electron chi connectivity index (χ2n) is 16.2. The summed E-state index contributed by atoms with van der Waals surface area (Å²) < 4.78 is 41.7. The van der Waals surface area contributed by atoms with Crippen LogP contribution in [0.5, 0.6) is 5.75 Å². The molecule has 1 saturated heterocycles. The van der Waals surface area contributed by atoms with E-state index < -0.39 is 23.3 Å². The number of methoxy groups -OCH3 is 1. The Hall–Kier alpha value is -3.99. The van der Waals surface area contributed by atoms with Gasteiger partial charge in [-0.05, 0) is 123 Å². The number of aliphatic hydroxyl groups is 1. The van der Waals surface area contributed by atoms with Gasteiger partial charge in [0.1, 0.15) is 23.0 Å². The summed E-state index contributed by atoms with van der Waals surface area (Å²) in [6.45, 7) is 17.3. The number of halogens is 1. The summed E-state index contributed by atoms with van der Waals surface area (Å²) in [7, 11) is 1.37. The molecule has 0 amide bonds. The van der Waals surface area contributed by atoms with Crippen LogP contribution < -0.4 is 9.64 Å². The van der Waals surface area contributed by atoms with Crippen molar-refractivity contribution in [2.75, 3.05) is 31.7 Å². The average molecular weight is 716 g/mol. The fraction of sp³-hybridized carbons (Fsp3) is 0.524. The molecule has 5 heterocycles. The van der Waals surface area contributed by atoms with Gasteiger partial charge in [0.15, 0.2) is 6.10 Å². The first-order valence-electron chi connectivity index (χ1n) is 18.5. The molecule has 10 heteroatoms. The number of carbonyl (C=O) groups is 1. The van der Waals surface area contributed by atoms with Crippen LogP contribution in [-0.2, 0) is 24.6 Å². The van der Waals surface area contributed by atoms with Crippen molar-refractivity contribution in [1.29, 1.82) is 0 Å². The van der Waals surface area contributed by atoms with E-state index in [4.69, 9.17) is 23.9 Å². The number of hydrogen-bond acceptors (Lipinski definition) is 8. The Kier molecular flexibility index (Phi) is 10.5. The van der Waals surface area contributed by atoms with E-state index in [-0.39, 0.29) is 17.5 Å². The van der Waals surface area contributed by atoms with Crippen LogP contribution in [0.15, 0.2) is 48.7 Å². The molecule has 4 aromatic rings. The van der Waals surface area contributed by atoms with E-state index in [1.54, 1.807) is 19.9 Å². The Morgan fingerprint density at radius 3 is 2.46 bits per heavy atom. The van der Waals surface area contributed by atoms with Gasteiger partial charge in [0.25, 0.3) is 0 Å². The zero-order valence-electron chi connectivity index (χ0n) is 32.1. The highest BCUT2D eigenvalue weighted by atomic mass is 19.1. The van der Waals surface area contributed by atoms with Gasteiger partial charge in [-0.25, -0.2) is 14.2 Å². The predicted octanol–water partition coefficient (Wildman–Crippen LogP) is 8.70. The molecule has 0 spiro atoms. The summed E-state index contributed by atoms with van der Waals surface area (Å²) in [5, 5.41) is 11.8. The standard InChI is InChI=1S/C42H54FN3O6/c1-26-13-10-11-22-50-42(8)18-20-45(21-19-42)38-34(36(39(47)49-9)52-40(3,4)5)27(2)35(41(6,7)48)37-44-32(25-46(37)38)29-15-12-14-28(23-29)31-24-30(43)16-17-33(31)51-26/h12,14-17,23-26,36,48H,10-11,13,18-22H2,1-9H3. The lowest BCUT2D eigenvalue weighted by molar-refractivity contribution is -0.164. The van der Waals surface area contributed by atoms with Gasteiger partial charge < -0.3 is 29.0 Å². The lowest BCUT2D eigenvalue weighted by atomic mass is 9.88. The minimum atomic E-state index is -1.34. The van der Waals surface area contributed by atoms with E-state index in [0.29, 0.717) is 59.0 Å². The largest absolute Gasteiger partial charge is 0.490 e. The molecule has 0 saturated carbocycles. The Morgan fingerprint density at radius 1 is 1.08 bits per heavy atom. The maximum Gasteiger partial charge on any atom is 0.339 e. The highest BCUT2D eigenvalue weighted by molar-refractivity contribution is 5.83. The van der Waals surface area contributed by atoms with Crippen LogP contribution in [0, 0.1) is 12.7 Å². The van der Waals surface area contributed by atoms with Crippen molar-refractivity contribution in [3.63, 3.8) is 0 Å². The maximum absolute atomic E-state index is 14.8. The van der Waals surface area contributed by atoms with Crippen molar-refractivity contribution in [2.45, 2.75) is 117 Å². The average Bonchev–Trinajstić information content (AvgIpc) is 3.50. The normalized spacial score (nSPS) is 20.8. The third-order valence-electron chi connectivity index (χ3n) is 10.3. The number of hydrogen-bond donors (Lipinski definition) is 1. The van der Waals surface area contributed by atoms with Gasteiger partial charge in [-0.1, -0.05) is 18.2 Å². The van der Waals surface area contributed by atoms with Gasteiger partial charge in [-0.15, -0.1) is 0 Å². The van der Waals surface area contributed by atoms with Crippen LogP contribution in [0.1, 0.15) is 103 Å². The second kappa shape index (κ2) is 14.4. The van der Waals surface area contributed by atoms with E-state index in [0.717, 1.165) is 49.0 Å². The van der Waals surface area contributed by atoms with Crippen LogP contribution in [0.4, 0.5) is 10.2 Å². The quantitative estimate of drug-likeness (QED) is 0.210. The summed E-state index contributed by atoms with van der Waals surface area (Å²) in [6, 6.07) is 12.5. The molecule has 1 N–H and O–H groups in total. The molecule has 0 radical (unpaired) electrons. The van der Waals surface area contributed by atoms with Crippen molar-refractivity contribution < 1.29 is 33.2 Å². The number of carbonyl (C=O) groups excluding carboxylic acids is 1. The van der Waals surface area contributed by atoms with E-state index in [1.807, 2.05) is 62.6 Å². The lowest BCUT2D eigenvalue weighted by Gasteiger charge is -2.42. The smallest absolute Gasteiger partial charge is 0.339 e. The Bertz CT molecular complexity index is 1930. The van der Waals surface area contributed by atoms with Crippen molar-refractivity contribution in [2.24, 2.45) is 0 Å². The van der Waals surface area contributed by atoms with E-state index >= 15 is 0 Å². The first-order chi connectivity index (χ1) is 24.5. The number of imidazole rings is 1. The Labute approximate surface area is 307 Å². The molecular weight excluding hydrogens is 661 g/mol. The van der Waals surface area contributed by atoms with Crippen LogP contribution >= 0.6 is 0 Å². The number of fused-ring (bicyclic) bond motifs is 8. The molecule has 0 aliphatic carbocycles. The third kappa shape index (κ3) is 7.84. The molecule has 9 nitrogen and oxygen atoms in total. The summed E-state index contributed by atoms with van der Waals surface area (Å²) in [5.74, 6) is 0.505. The molecule has 2 aromatic heterocycles. The minimum Gasteiger partial charge on any atom is -0.490 e. The van der Waals surface area contributed by atoms with Crippen LogP contribution in [0.2, 0.25) is 0 Å². The second-order valence-corrected chi connectivity index (χ2v) is 16.2. The number of anilines is 1. The van der Waals surface area contributed by atoms with Gasteiger partial charge in [0.05, 0.1) is 35.7 Å². The number of nitrogens with zero attached hydrogens (tertiary/aromatic N) is 3. The molecular formula is C42H54FN3O6. The molecule has 3 aliphatic heterocycles. The molecule has 3 aliphatic rings. The first kappa shape index (κ1) is 37.8. The van der Waals surface area contributed by atoms with E-state index in [2.05, 4.69) is 18.7 Å². The summed E-state index contributed by atoms with van der Waals surface area (Å²) in [6.07, 6.45) is 5.05. The molecule has 280 valence electrons. The summed E-state index contributed by atoms with van der Waals surface area (Å²) in [4.78, 5) is 21.2. The molecule has 6 bridgehead atoms. The summed E-state index contributed by atoms with van der Waals surface area (Å²) in [5.41, 5.74) is 3.06. The van der Waals surface area contributed by atoms with Gasteiger partial charge in [0, 0.05) is 48.1 Å². The number of ether oxygens (including phenoxy) is 4. The monoisotopic (exact) mass is 715 g/mol. The number of esters is 1. The number of rotatable bonds is 4. The highest BCUT2D eigenvalue weighted by Gasteiger charge is 2.40.